The molecule has 0 radical (unpaired) electrons. The highest BCUT2D eigenvalue weighted by Crippen LogP contribution is 2.33. The first-order chi connectivity index (χ1) is 7.05. The number of carbonyl (C=O) groups excluding carboxylic acids is 1. The van der Waals surface area contributed by atoms with Crippen molar-refractivity contribution < 1.29 is 9.53 Å². The molecule has 2 aliphatic rings. The van der Waals surface area contributed by atoms with Crippen molar-refractivity contribution in [3.05, 3.63) is 0 Å². The second kappa shape index (κ2) is 3.67. The second-order valence-electron chi connectivity index (χ2n) is 4.97. The smallest absolute Gasteiger partial charge is 0.410 e. The maximum atomic E-state index is 11.4. The molecule has 0 aromatic rings. The van der Waals surface area contributed by atoms with Gasteiger partial charge in [-0.3, -0.25) is 0 Å². The van der Waals surface area contributed by atoms with Gasteiger partial charge in [-0.05, 0) is 26.7 Å². The van der Waals surface area contributed by atoms with Gasteiger partial charge >= 0.3 is 6.09 Å². The van der Waals surface area contributed by atoms with Gasteiger partial charge in [-0.2, -0.15) is 0 Å². The number of hydrogen-bond donors (Lipinski definition) is 0. The molecular formula is C11H20N2O2. The molecular weight excluding hydrogens is 192 g/mol. The van der Waals surface area contributed by atoms with Crippen LogP contribution in [0.15, 0.2) is 0 Å². The summed E-state index contributed by atoms with van der Waals surface area (Å²) in [4.78, 5) is 15.6. The Hall–Kier alpha value is -0.770. The predicted molar refractivity (Wildman–Crippen MR) is 57.8 cm³/mol. The zero-order valence-electron chi connectivity index (χ0n) is 9.82. The van der Waals surface area contributed by atoms with Crippen molar-refractivity contribution >= 4 is 6.09 Å². The number of rotatable bonds is 1. The lowest BCUT2D eigenvalue weighted by atomic mass is 9.87. The number of ether oxygens (including phenoxy) is 1. The third-order valence-electron chi connectivity index (χ3n) is 3.91. The molecule has 2 aliphatic heterocycles. The van der Waals surface area contributed by atoms with E-state index >= 15 is 0 Å². The van der Waals surface area contributed by atoms with E-state index in [1.165, 1.54) is 0 Å². The zero-order valence-corrected chi connectivity index (χ0v) is 9.82. The van der Waals surface area contributed by atoms with E-state index in [4.69, 9.17) is 4.74 Å². The van der Waals surface area contributed by atoms with Gasteiger partial charge in [0.05, 0.1) is 5.54 Å². The van der Waals surface area contributed by atoms with Gasteiger partial charge in [-0.15, -0.1) is 0 Å². The molecule has 2 heterocycles. The zero-order chi connectivity index (χ0) is 11.1. The van der Waals surface area contributed by atoms with Crippen LogP contribution in [0, 0.1) is 0 Å². The van der Waals surface area contributed by atoms with Crippen LogP contribution in [0.3, 0.4) is 0 Å². The minimum absolute atomic E-state index is 0.0114. The molecule has 2 saturated heterocycles. The molecule has 1 spiro atoms. The molecule has 86 valence electrons. The van der Waals surface area contributed by atoms with E-state index in [2.05, 4.69) is 18.7 Å². The van der Waals surface area contributed by atoms with Crippen LogP contribution in [0.5, 0.6) is 0 Å². The fourth-order valence-corrected chi connectivity index (χ4v) is 2.52. The first-order valence-electron chi connectivity index (χ1n) is 5.70. The molecule has 0 atom stereocenters. The lowest BCUT2D eigenvalue weighted by Gasteiger charge is -2.42. The van der Waals surface area contributed by atoms with Gasteiger partial charge in [0.25, 0.3) is 0 Å². The number of cyclic esters (lactones) is 1. The minimum Gasteiger partial charge on any atom is -0.447 e. The fourth-order valence-electron chi connectivity index (χ4n) is 2.52. The second-order valence-corrected chi connectivity index (χ2v) is 4.97. The van der Waals surface area contributed by atoms with Crippen LogP contribution in [0.2, 0.25) is 0 Å². The van der Waals surface area contributed by atoms with Crippen molar-refractivity contribution in [3.63, 3.8) is 0 Å². The summed E-state index contributed by atoms with van der Waals surface area (Å²) in [6.07, 6.45) is 1.91. The van der Waals surface area contributed by atoms with E-state index in [1.807, 2.05) is 7.05 Å². The van der Waals surface area contributed by atoms with Gasteiger partial charge in [0.1, 0.15) is 6.61 Å². The number of nitrogens with zero attached hydrogens (tertiary/aromatic N) is 2. The van der Waals surface area contributed by atoms with Crippen LogP contribution in [0.25, 0.3) is 0 Å². The summed E-state index contributed by atoms with van der Waals surface area (Å²) in [6.45, 7) is 7.15. The van der Waals surface area contributed by atoms with Crippen LogP contribution in [0.4, 0.5) is 4.79 Å². The van der Waals surface area contributed by atoms with Crippen molar-refractivity contribution in [2.24, 2.45) is 0 Å². The highest BCUT2D eigenvalue weighted by Gasteiger charge is 2.46. The Bertz CT molecular complexity index is 257. The summed E-state index contributed by atoms with van der Waals surface area (Å²) in [6, 6.07) is 0.602. The van der Waals surface area contributed by atoms with Crippen LogP contribution < -0.4 is 0 Å². The number of hydrogen-bond acceptors (Lipinski definition) is 3. The summed E-state index contributed by atoms with van der Waals surface area (Å²) in [5.41, 5.74) is -0.0114. The standard InChI is InChI=1S/C11H20N2O2/c1-9(2)13-6-4-11(5-7-13)8-15-10(14)12(11)3/h9H,4-8H2,1-3H3. The lowest BCUT2D eigenvalue weighted by molar-refractivity contribution is 0.0693. The normalized spacial score (nSPS) is 26.4. The molecule has 15 heavy (non-hydrogen) atoms. The SMILES string of the molecule is CC(C)N1CCC2(CC1)COC(=O)N2C. The predicted octanol–water partition coefficient (Wildman–Crippen LogP) is 1.31. The molecule has 0 bridgehead atoms. The van der Waals surface area contributed by atoms with Gasteiger partial charge in [0, 0.05) is 26.2 Å². The number of likely N-dealkylation sites (tertiary alicyclic amines) is 1. The monoisotopic (exact) mass is 212 g/mol. The Labute approximate surface area is 91.2 Å². The Morgan fingerprint density at radius 2 is 1.93 bits per heavy atom. The molecule has 0 aliphatic carbocycles. The Kier molecular flexibility index (Phi) is 2.63. The topological polar surface area (TPSA) is 32.8 Å². The number of carbonyl (C=O) groups is 1. The van der Waals surface area contributed by atoms with Crippen molar-refractivity contribution in [3.8, 4) is 0 Å². The lowest BCUT2D eigenvalue weighted by Crippen LogP contribution is -2.54. The largest absolute Gasteiger partial charge is 0.447 e. The van der Waals surface area contributed by atoms with E-state index in [9.17, 15) is 4.79 Å². The summed E-state index contributed by atoms with van der Waals surface area (Å²) in [5.74, 6) is 0. The third-order valence-corrected chi connectivity index (χ3v) is 3.91. The molecule has 4 heteroatoms. The molecule has 0 saturated carbocycles. The average molecular weight is 212 g/mol. The maximum absolute atomic E-state index is 11.4. The van der Waals surface area contributed by atoms with Gasteiger partial charge in [0.2, 0.25) is 0 Å². The Morgan fingerprint density at radius 1 is 1.33 bits per heavy atom. The van der Waals surface area contributed by atoms with E-state index in [0.29, 0.717) is 12.6 Å². The van der Waals surface area contributed by atoms with E-state index in [-0.39, 0.29) is 11.6 Å². The molecule has 0 N–H and O–H groups in total. The highest BCUT2D eigenvalue weighted by atomic mass is 16.6. The van der Waals surface area contributed by atoms with Crippen LogP contribution in [-0.2, 0) is 4.74 Å². The Balaban J connectivity index is 2.01. The van der Waals surface area contributed by atoms with E-state index in [1.54, 1.807) is 4.90 Å². The highest BCUT2D eigenvalue weighted by molar-refractivity contribution is 5.70. The summed E-state index contributed by atoms with van der Waals surface area (Å²) in [7, 11) is 1.86. The number of amides is 1. The number of piperidine rings is 1. The maximum Gasteiger partial charge on any atom is 0.410 e. The molecule has 0 unspecified atom stereocenters. The van der Waals surface area contributed by atoms with Crippen molar-refractivity contribution in [2.45, 2.75) is 38.3 Å². The van der Waals surface area contributed by atoms with E-state index in [0.717, 1.165) is 25.9 Å². The third kappa shape index (κ3) is 1.71. The summed E-state index contributed by atoms with van der Waals surface area (Å²) in [5, 5.41) is 0. The molecule has 2 rings (SSSR count). The summed E-state index contributed by atoms with van der Waals surface area (Å²) < 4.78 is 5.12. The van der Waals surface area contributed by atoms with E-state index < -0.39 is 0 Å². The molecule has 0 aromatic heterocycles. The van der Waals surface area contributed by atoms with Crippen LogP contribution in [0.1, 0.15) is 26.7 Å². The van der Waals surface area contributed by atoms with Gasteiger partial charge in [0.15, 0.2) is 0 Å². The first kappa shape index (κ1) is 10.7. The Morgan fingerprint density at radius 3 is 2.33 bits per heavy atom. The average Bonchev–Trinajstić information content (AvgIpc) is 2.48. The fraction of sp³-hybridized carbons (Fsp3) is 0.909. The van der Waals surface area contributed by atoms with Crippen molar-refractivity contribution in [1.29, 1.82) is 0 Å². The van der Waals surface area contributed by atoms with Crippen LogP contribution in [-0.4, -0.2) is 54.2 Å². The van der Waals surface area contributed by atoms with Gasteiger partial charge < -0.3 is 14.5 Å². The molecule has 0 aromatic carbocycles. The van der Waals surface area contributed by atoms with Crippen molar-refractivity contribution in [1.82, 2.24) is 9.80 Å². The number of likely N-dealkylation sites (N-methyl/N-ethyl adjacent to an activating group) is 1. The molecule has 1 amide bonds. The summed E-state index contributed by atoms with van der Waals surface area (Å²) >= 11 is 0. The van der Waals surface area contributed by atoms with Gasteiger partial charge in [-0.1, -0.05) is 0 Å². The quantitative estimate of drug-likeness (QED) is 0.657. The van der Waals surface area contributed by atoms with Crippen LogP contribution >= 0.6 is 0 Å². The van der Waals surface area contributed by atoms with Gasteiger partial charge in [-0.25, -0.2) is 4.79 Å². The minimum atomic E-state index is -0.159. The molecule has 4 nitrogen and oxygen atoms in total. The first-order valence-corrected chi connectivity index (χ1v) is 5.70. The van der Waals surface area contributed by atoms with Crippen molar-refractivity contribution in [2.75, 3.05) is 26.7 Å². The molecule has 2 fully saturated rings.